The van der Waals surface area contributed by atoms with Crippen molar-refractivity contribution in [3.8, 4) is 0 Å². The Morgan fingerprint density at radius 1 is 1.17 bits per heavy atom. The average Bonchev–Trinajstić information content (AvgIpc) is 3.04. The molecule has 0 bridgehead atoms. The van der Waals surface area contributed by atoms with Crippen LogP contribution in [0.3, 0.4) is 0 Å². The maximum atomic E-state index is 12.8. The summed E-state index contributed by atoms with van der Waals surface area (Å²) < 4.78 is 41.3. The van der Waals surface area contributed by atoms with Crippen molar-refractivity contribution in [2.45, 2.75) is 39.7 Å². The highest BCUT2D eigenvalue weighted by atomic mass is 19.4. The number of hydrogen-bond donors (Lipinski definition) is 0. The molecule has 2 aromatic heterocycles. The van der Waals surface area contributed by atoms with Crippen LogP contribution in [0.5, 0.6) is 0 Å². The molecule has 0 N–H and O–H groups in total. The summed E-state index contributed by atoms with van der Waals surface area (Å²) in [6.07, 6.45) is -4.53. The molecule has 0 radical (unpaired) electrons. The van der Waals surface area contributed by atoms with Crippen molar-refractivity contribution in [3.05, 3.63) is 35.2 Å². The third-order valence-corrected chi connectivity index (χ3v) is 4.07. The molecule has 1 aliphatic heterocycles. The smallest absolute Gasteiger partial charge is 0.340 e. The molecular weight excluding hydrogens is 311 g/mol. The van der Waals surface area contributed by atoms with Crippen LogP contribution in [-0.4, -0.2) is 36.7 Å². The number of alkyl halides is 3. The van der Waals surface area contributed by atoms with Gasteiger partial charge in [0, 0.05) is 24.5 Å². The molecule has 1 amide bonds. The molecule has 2 aromatic rings. The van der Waals surface area contributed by atoms with Crippen LogP contribution in [0.1, 0.15) is 23.0 Å². The van der Waals surface area contributed by atoms with E-state index in [-0.39, 0.29) is 37.9 Å². The first-order valence-electron chi connectivity index (χ1n) is 7.17. The number of fused-ring (bicyclic) bond motifs is 1. The molecule has 23 heavy (non-hydrogen) atoms. The first kappa shape index (κ1) is 15.6. The van der Waals surface area contributed by atoms with Crippen LogP contribution in [0.4, 0.5) is 13.2 Å². The van der Waals surface area contributed by atoms with Gasteiger partial charge in [-0.25, -0.2) is 0 Å². The Morgan fingerprint density at radius 2 is 1.83 bits per heavy atom. The van der Waals surface area contributed by atoms with E-state index >= 15 is 0 Å². The first-order valence-corrected chi connectivity index (χ1v) is 7.17. The minimum Gasteiger partial charge on any atom is -0.340 e. The van der Waals surface area contributed by atoms with E-state index in [9.17, 15) is 18.0 Å². The molecule has 124 valence electrons. The first-order chi connectivity index (χ1) is 10.8. The summed E-state index contributed by atoms with van der Waals surface area (Å²) >= 11 is 0. The molecule has 3 rings (SSSR count). The number of nitrogens with zero attached hydrogens (tertiary/aromatic N) is 5. The number of rotatable bonds is 2. The van der Waals surface area contributed by atoms with E-state index in [1.807, 2.05) is 30.5 Å². The van der Waals surface area contributed by atoms with E-state index < -0.39 is 12.0 Å². The van der Waals surface area contributed by atoms with E-state index in [1.54, 1.807) is 0 Å². The molecule has 0 atom stereocenters. The fraction of sp³-hybridized carbons (Fsp3) is 0.500. The van der Waals surface area contributed by atoms with Gasteiger partial charge in [0.25, 0.3) is 0 Å². The lowest BCUT2D eigenvalue weighted by Gasteiger charge is -2.28. The molecule has 0 spiro atoms. The van der Waals surface area contributed by atoms with Crippen molar-refractivity contribution in [1.29, 1.82) is 0 Å². The maximum absolute atomic E-state index is 12.8. The number of carbonyl (C=O) groups is 1. The Bertz CT molecular complexity index is 727. The Morgan fingerprint density at radius 3 is 2.43 bits per heavy atom. The van der Waals surface area contributed by atoms with E-state index in [2.05, 4.69) is 10.2 Å². The summed E-state index contributed by atoms with van der Waals surface area (Å²) in [5.41, 5.74) is 1.94. The normalized spacial score (nSPS) is 14.9. The van der Waals surface area contributed by atoms with Gasteiger partial charge in [-0.2, -0.15) is 13.2 Å². The number of aryl methyl sites for hydroxylation is 2. The van der Waals surface area contributed by atoms with E-state index in [0.29, 0.717) is 0 Å². The third-order valence-electron chi connectivity index (χ3n) is 4.07. The zero-order chi connectivity index (χ0) is 16.8. The molecule has 0 aromatic carbocycles. The lowest BCUT2D eigenvalue weighted by molar-refractivity contribution is -0.148. The number of halogens is 3. The van der Waals surface area contributed by atoms with E-state index in [4.69, 9.17) is 0 Å². The highest BCUT2D eigenvalue weighted by molar-refractivity contribution is 5.76. The largest absolute Gasteiger partial charge is 0.451 e. The van der Waals surface area contributed by atoms with Crippen molar-refractivity contribution in [2.75, 3.05) is 6.54 Å². The SMILES string of the molecule is Cc1ccc(C)n1CC(=O)N1CCn2c(nnc2C(F)(F)F)C1. The highest BCUT2D eigenvalue weighted by Crippen LogP contribution is 2.29. The van der Waals surface area contributed by atoms with Gasteiger partial charge in [0.15, 0.2) is 5.82 Å². The Labute approximate surface area is 130 Å². The highest BCUT2D eigenvalue weighted by Gasteiger charge is 2.39. The standard InChI is InChI=1S/C14H16F3N5O/c1-9-3-4-10(2)22(9)8-12(23)20-5-6-21-11(7-20)18-19-13(21)14(15,16)17/h3-4H,5-8H2,1-2H3. The monoisotopic (exact) mass is 327 g/mol. The minimum atomic E-state index is -4.53. The zero-order valence-corrected chi connectivity index (χ0v) is 12.8. The second kappa shape index (κ2) is 5.39. The summed E-state index contributed by atoms with van der Waals surface area (Å²) in [6.45, 7) is 4.29. The quantitative estimate of drug-likeness (QED) is 0.844. The van der Waals surface area contributed by atoms with Crippen LogP contribution >= 0.6 is 0 Å². The average molecular weight is 327 g/mol. The molecule has 6 nitrogen and oxygen atoms in total. The maximum Gasteiger partial charge on any atom is 0.451 e. The third kappa shape index (κ3) is 2.82. The number of hydrogen-bond acceptors (Lipinski definition) is 3. The Hall–Kier alpha value is -2.32. The van der Waals surface area contributed by atoms with E-state index in [0.717, 1.165) is 16.0 Å². The van der Waals surface area contributed by atoms with Gasteiger partial charge in [-0.15, -0.1) is 10.2 Å². The van der Waals surface area contributed by atoms with Crippen LogP contribution in [0.25, 0.3) is 0 Å². The van der Waals surface area contributed by atoms with Crippen molar-refractivity contribution in [3.63, 3.8) is 0 Å². The van der Waals surface area contributed by atoms with E-state index in [1.165, 1.54) is 4.90 Å². The molecule has 1 aliphatic rings. The van der Waals surface area contributed by atoms with Crippen LogP contribution in [0.2, 0.25) is 0 Å². The summed E-state index contributed by atoms with van der Waals surface area (Å²) in [6, 6.07) is 3.84. The van der Waals surface area contributed by atoms with Gasteiger partial charge in [0.1, 0.15) is 6.54 Å². The molecule has 0 fully saturated rings. The summed E-state index contributed by atoms with van der Waals surface area (Å²) in [5.74, 6) is -0.982. The van der Waals surface area contributed by atoms with Gasteiger partial charge in [-0.1, -0.05) is 0 Å². The van der Waals surface area contributed by atoms with Crippen molar-refractivity contribution >= 4 is 5.91 Å². The summed E-state index contributed by atoms with van der Waals surface area (Å²) in [4.78, 5) is 13.9. The summed E-state index contributed by atoms with van der Waals surface area (Å²) in [5, 5.41) is 6.79. The van der Waals surface area contributed by atoms with Gasteiger partial charge in [-0.05, 0) is 26.0 Å². The number of carbonyl (C=O) groups excluding carboxylic acids is 1. The molecule has 0 unspecified atom stereocenters. The molecule has 0 saturated carbocycles. The number of aromatic nitrogens is 4. The zero-order valence-electron chi connectivity index (χ0n) is 12.8. The van der Waals surface area contributed by atoms with Crippen LogP contribution in [0.15, 0.2) is 12.1 Å². The number of amides is 1. The lowest BCUT2D eigenvalue weighted by atomic mass is 10.3. The topological polar surface area (TPSA) is 56.0 Å². The van der Waals surface area contributed by atoms with Gasteiger partial charge < -0.3 is 14.0 Å². The fourth-order valence-electron chi connectivity index (χ4n) is 2.76. The van der Waals surface area contributed by atoms with Gasteiger partial charge in [0.05, 0.1) is 6.54 Å². The molecular formula is C14H16F3N5O. The second-order valence-electron chi connectivity index (χ2n) is 5.61. The van der Waals surface area contributed by atoms with Gasteiger partial charge >= 0.3 is 6.18 Å². The van der Waals surface area contributed by atoms with Crippen molar-refractivity contribution in [2.24, 2.45) is 0 Å². The van der Waals surface area contributed by atoms with Crippen LogP contribution in [-0.2, 0) is 30.6 Å². The lowest BCUT2D eigenvalue weighted by Crippen LogP contribution is -2.41. The molecule has 0 aliphatic carbocycles. The predicted molar refractivity (Wildman–Crippen MR) is 74.3 cm³/mol. The predicted octanol–water partition coefficient (Wildman–Crippen LogP) is 1.76. The second-order valence-corrected chi connectivity index (χ2v) is 5.61. The van der Waals surface area contributed by atoms with Crippen molar-refractivity contribution < 1.29 is 18.0 Å². The minimum absolute atomic E-state index is 0.0429. The van der Waals surface area contributed by atoms with Gasteiger partial charge in [-0.3, -0.25) is 4.79 Å². The Balaban J connectivity index is 1.75. The fourth-order valence-corrected chi connectivity index (χ4v) is 2.76. The van der Waals surface area contributed by atoms with Gasteiger partial charge in [0.2, 0.25) is 11.7 Å². The molecule has 9 heteroatoms. The summed E-state index contributed by atoms with van der Waals surface area (Å²) in [7, 11) is 0. The van der Waals surface area contributed by atoms with Crippen LogP contribution < -0.4 is 0 Å². The van der Waals surface area contributed by atoms with Crippen LogP contribution in [0, 0.1) is 13.8 Å². The molecule has 0 saturated heterocycles. The van der Waals surface area contributed by atoms with Crippen molar-refractivity contribution in [1.82, 2.24) is 24.2 Å². The Kier molecular flexibility index (Phi) is 3.65. The molecule has 3 heterocycles.